The van der Waals surface area contributed by atoms with E-state index in [1.165, 1.54) is 18.4 Å². The van der Waals surface area contributed by atoms with Crippen LogP contribution in [0.4, 0.5) is 29.3 Å². The van der Waals surface area contributed by atoms with Crippen molar-refractivity contribution < 1.29 is 50.9 Å². The zero-order valence-corrected chi connectivity index (χ0v) is 31.3. The summed E-state index contributed by atoms with van der Waals surface area (Å²) in [6, 6.07) is 22.3. The maximum absolute atomic E-state index is 13.6. The molecule has 3 N–H and O–H groups in total. The van der Waals surface area contributed by atoms with Crippen LogP contribution in [-0.2, 0) is 27.7 Å². The molecular weight excluding hydrogens is 756 g/mol. The molecule has 0 unspecified atom stereocenters. The van der Waals surface area contributed by atoms with Crippen LogP contribution in [0.5, 0.6) is 5.75 Å². The average Bonchev–Trinajstić information content (AvgIpc) is 3.56. The molecule has 13 nitrogen and oxygen atoms in total. The molecule has 3 aromatic carbocycles. The van der Waals surface area contributed by atoms with Crippen LogP contribution in [0.3, 0.4) is 0 Å². The number of hydrogen-bond acceptors (Lipinski definition) is 8. The minimum atomic E-state index is -5.08. The second kappa shape index (κ2) is 15.7. The van der Waals surface area contributed by atoms with E-state index >= 15 is 0 Å². The molecule has 5 aromatic rings. The molecule has 0 bridgehead atoms. The highest BCUT2D eigenvalue weighted by Crippen LogP contribution is 2.44. The van der Waals surface area contributed by atoms with E-state index in [1.54, 1.807) is 42.3 Å². The number of carboxylic acids is 2. The Labute approximate surface area is 319 Å². The molecule has 4 heterocycles. The number of rotatable bonds is 8. The molecule has 7 rings (SSSR count). The average molecular weight is 794 g/mol. The van der Waals surface area contributed by atoms with Crippen LogP contribution in [-0.4, -0.2) is 96.4 Å². The number of aliphatic carboxylic acids is 1. The van der Waals surface area contributed by atoms with Crippen molar-refractivity contribution in [2.75, 3.05) is 43.3 Å². The first-order valence-electron chi connectivity index (χ1n) is 17.3. The number of ether oxygens (including phenoxy) is 1. The van der Waals surface area contributed by atoms with Crippen molar-refractivity contribution in [3.05, 3.63) is 95.7 Å². The third-order valence-corrected chi connectivity index (χ3v) is 11.6. The molecule has 17 heteroatoms. The number of piperidine rings is 1. The fraction of sp³-hybridized carbons (Fsp3) is 0.282. The summed E-state index contributed by atoms with van der Waals surface area (Å²) in [7, 11) is 0.331. The number of carbonyl (C=O) groups is 3. The molecule has 2 amide bonds. The standard InChI is InChI=1S/C37H37N5O6S.C2HF3O2/c1-40-31-20-38-35-33(30(31)22-42(37(40)45)27-12-8-26(9-13-27)36(43)44)32(24-10-14-28(48-2)15-11-24)34(39-35)25-6-4-23(5-7-25)21-41-18-16-29(17-19-41)49(3,46)47;3-2(4,5)1(6)7/h4-15,20,29H,16-19,21-22H2,1-3H3,(H,38,39)(H,43,44);(H,6,7). The number of methoxy groups -OCH3 is 1. The van der Waals surface area contributed by atoms with Crippen LogP contribution >= 0.6 is 0 Å². The second-order valence-corrected chi connectivity index (χ2v) is 15.9. The summed E-state index contributed by atoms with van der Waals surface area (Å²) in [5.74, 6) is -3.05. The lowest BCUT2D eigenvalue weighted by Gasteiger charge is -2.35. The smallest absolute Gasteiger partial charge is 0.490 e. The molecule has 0 saturated carbocycles. The Bertz CT molecular complexity index is 2380. The van der Waals surface area contributed by atoms with Crippen molar-refractivity contribution in [3.8, 4) is 28.1 Å². The number of nitrogens with zero attached hydrogens (tertiary/aromatic N) is 4. The quantitative estimate of drug-likeness (QED) is 0.151. The van der Waals surface area contributed by atoms with Gasteiger partial charge in [0, 0.05) is 42.0 Å². The van der Waals surface area contributed by atoms with E-state index in [2.05, 4.69) is 34.1 Å². The van der Waals surface area contributed by atoms with Crippen LogP contribution < -0.4 is 14.5 Å². The minimum absolute atomic E-state index is 0.146. The fourth-order valence-corrected chi connectivity index (χ4v) is 8.01. The van der Waals surface area contributed by atoms with Gasteiger partial charge in [-0.1, -0.05) is 36.4 Å². The van der Waals surface area contributed by atoms with E-state index in [-0.39, 0.29) is 23.4 Å². The summed E-state index contributed by atoms with van der Waals surface area (Å²) in [4.78, 5) is 47.8. The molecule has 294 valence electrons. The summed E-state index contributed by atoms with van der Waals surface area (Å²) in [5.41, 5.74) is 7.93. The molecule has 0 atom stereocenters. The number of aromatic carboxylic acids is 1. The number of halogens is 3. The highest BCUT2D eigenvalue weighted by Gasteiger charge is 2.38. The summed E-state index contributed by atoms with van der Waals surface area (Å²) in [5, 5.41) is 17.1. The van der Waals surface area contributed by atoms with Crippen molar-refractivity contribution in [1.29, 1.82) is 0 Å². The van der Waals surface area contributed by atoms with E-state index in [1.807, 2.05) is 24.3 Å². The number of amides is 2. The topological polar surface area (TPSA) is 173 Å². The highest BCUT2D eigenvalue weighted by atomic mass is 32.2. The molecule has 0 aliphatic carbocycles. The Morgan fingerprint density at radius 3 is 2.07 bits per heavy atom. The molecule has 2 aliphatic rings. The number of benzene rings is 3. The largest absolute Gasteiger partial charge is 0.497 e. The predicted octanol–water partition coefficient (Wildman–Crippen LogP) is 6.82. The van der Waals surface area contributed by atoms with Crippen LogP contribution in [0.1, 0.15) is 34.3 Å². The number of alkyl halides is 3. The number of pyridine rings is 1. The van der Waals surface area contributed by atoms with Gasteiger partial charge in [-0.2, -0.15) is 13.2 Å². The van der Waals surface area contributed by atoms with Crippen molar-refractivity contribution in [1.82, 2.24) is 14.9 Å². The monoisotopic (exact) mass is 793 g/mol. The van der Waals surface area contributed by atoms with E-state index in [9.17, 15) is 36.3 Å². The zero-order chi connectivity index (χ0) is 40.5. The summed E-state index contributed by atoms with van der Waals surface area (Å²) < 4.78 is 61.2. The van der Waals surface area contributed by atoms with E-state index in [4.69, 9.17) is 19.6 Å². The van der Waals surface area contributed by atoms with E-state index in [0.717, 1.165) is 64.3 Å². The lowest BCUT2D eigenvalue weighted by atomic mass is 9.94. The number of aromatic amines is 1. The minimum Gasteiger partial charge on any atom is -0.497 e. The number of fused-ring (bicyclic) bond motifs is 3. The van der Waals surface area contributed by atoms with Gasteiger partial charge in [0.1, 0.15) is 21.2 Å². The van der Waals surface area contributed by atoms with Gasteiger partial charge in [-0.3, -0.25) is 14.7 Å². The van der Waals surface area contributed by atoms with Crippen molar-refractivity contribution in [3.63, 3.8) is 0 Å². The van der Waals surface area contributed by atoms with Gasteiger partial charge in [-0.05, 0) is 79.0 Å². The Balaban J connectivity index is 0.000000695. The molecule has 56 heavy (non-hydrogen) atoms. The van der Waals surface area contributed by atoms with Gasteiger partial charge in [0.05, 0.1) is 42.0 Å². The van der Waals surface area contributed by atoms with Gasteiger partial charge in [0.25, 0.3) is 0 Å². The first-order valence-corrected chi connectivity index (χ1v) is 19.3. The summed E-state index contributed by atoms with van der Waals surface area (Å²) in [6.45, 7) is 2.50. The van der Waals surface area contributed by atoms with Crippen molar-refractivity contribution in [2.45, 2.75) is 37.4 Å². The number of hydrogen-bond donors (Lipinski definition) is 3. The summed E-state index contributed by atoms with van der Waals surface area (Å²) >= 11 is 0. The fourth-order valence-electron chi connectivity index (χ4n) is 6.95. The lowest BCUT2D eigenvalue weighted by Crippen LogP contribution is -2.45. The molecule has 1 saturated heterocycles. The zero-order valence-electron chi connectivity index (χ0n) is 30.5. The van der Waals surface area contributed by atoms with Crippen LogP contribution in [0, 0.1) is 0 Å². The van der Waals surface area contributed by atoms with Crippen molar-refractivity contribution in [2.24, 2.45) is 0 Å². The number of urea groups is 1. The Kier molecular flexibility index (Phi) is 11.1. The Morgan fingerprint density at radius 1 is 0.946 bits per heavy atom. The lowest BCUT2D eigenvalue weighted by molar-refractivity contribution is -0.192. The molecule has 2 aliphatic heterocycles. The number of anilines is 2. The molecule has 0 spiro atoms. The Morgan fingerprint density at radius 2 is 1.54 bits per heavy atom. The molecular formula is C39H38F3N5O8S. The number of aromatic nitrogens is 2. The van der Waals surface area contributed by atoms with Crippen LogP contribution in [0.25, 0.3) is 33.4 Å². The van der Waals surface area contributed by atoms with Gasteiger partial charge in [0.2, 0.25) is 0 Å². The van der Waals surface area contributed by atoms with Crippen LogP contribution in [0.2, 0.25) is 0 Å². The van der Waals surface area contributed by atoms with Gasteiger partial charge in [0.15, 0.2) is 0 Å². The number of carbonyl (C=O) groups excluding carboxylic acids is 1. The normalized spacial score (nSPS) is 15.3. The van der Waals surface area contributed by atoms with E-state index < -0.39 is 28.0 Å². The third kappa shape index (κ3) is 8.33. The number of nitrogens with one attached hydrogen (secondary N) is 1. The Hall–Kier alpha value is -5.94. The van der Waals surface area contributed by atoms with Crippen LogP contribution in [0.15, 0.2) is 79.0 Å². The number of carboxylic acid groups (broad SMARTS) is 2. The molecule has 2 aromatic heterocycles. The number of H-pyrrole nitrogens is 1. The maximum Gasteiger partial charge on any atom is 0.490 e. The molecule has 0 radical (unpaired) electrons. The van der Waals surface area contributed by atoms with Gasteiger partial charge < -0.3 is 19.9 Å². The van der Waals surface area contributed by atoms with Gasteiger partial charge >= 0.3 is 24.1 Å². The second-order valence-electron chi connectivity index (χ2n) is 13.5. The van der Waals surface area contributed by atoms with Gasteiger partial charge in [-0.15, -0.1) is 0 Å². The predicted molar refractivity (Wildman–Crippen MR) is 204 cm³/mol. The number of likely N-dealkylation sites (tertiary alicyclic amines) is 1. The summed E-state index contributed by atoms with van der Waals surface area (Å²) in [6.07, 6.45) is -0.730. The number of sulfone groups is 1. The molecule has 1 fully saturated rings. The first-order chi connectivity index (χ1) is 26.5. The maximum atomic E-state index is 13.6. The first kappa shape index (κ1) is 39.7. The van der Waals surface area contributed by atoms with Crippen molar-refractivity contribution >= 4 is 50.2 Å². The van der Waals surface area contributed by atoms with E-state index in [0.29, 0.717) is 29.9 Å². The SMILES string of the molecule is COc1ccc(-c2c(-c3ccc(CN4CCC(S(C)(=O)=O)CC4)cc3)[nH]c3ncc4c(c23)CN(c2ccc(C(=O)O)cc2)C(=O)N4C)cc1.O=C(O)C(F)(F)F. The third-order valence-electron chi connectivity index (χ3n) is 9.94. The van der Waals surface area contributed by atoms with Gasteiger partial charge in [-0.25, -0.2) is 27.8 Å². The highest BCUT2D eigenvalue weighted by molar-refractivity contribution is 7.91.